The molecule has 11 heteroatoms. The molecular formula is C26H25ClN2O7S. The number of halogens is 1. The number of esters is 1. The van der Waals surface area contributed by atoms with Crippen molar-refractivity contribution in [3.05, 3.63) is 69.6 Å². The molecule has 1 aliphatic heterocycles. The molecule has 1 aliphatic rings. The van der Waals surface area contributed by atoms with Crippen molar-refractivity contribution in [2.45, 2.75) is 19.8 Å². The van der Waals surface area contributed by atoms with Crippen LogP contribution in [-0.4, -0.2) is 53.3 Å². The van der Waals surface area contributed by atoms with E-state index >= 15 is 0 Å². The van der Waals surface area contributed by atoms with Gasteiger partial charge in [0.2, 0.25) is 5.91 Å². The van der Waals surface area contributed by atoms with Crippen molar-refractivity contribution in [3.8, 4) is 11.5 Å². The highest BCUT2D eigenvalue weighted by molar-refractivity contribution is 8.18. The Balaban J connectivity index is 1.74. The van der Waals surface area contributed by atoms with Gasteiger partial charge in [-0.2, -0.15) is 0 Å². The van der Waals surface area contributed by atoms with Crippen LogP contribution in [0.25, 0.3) is 6.08 Å². The van der Waals surface area contributed by atoms with Crippen LogP contribution in [0.15, 0.2) is 47.9 Å². The second-order valence-electron chi connectivity index (χ2n) is 7.87. The van der Waals surface area contributed by atoms with Crippen molar-refractivity contribution < 1.29 is 33.8 Å². The summed E-state index contributed by atoms with van der Waals surface area (Å²) in [5.41, 5.74) is 1.42. The number of hydrogen-bond donors (Lipinski definition) is 2. The number of benzene rings is 2. The van der Waals surface area contributed by atoms with Gasteiger partial charge in [-0.3, -0.25) is 19.3 Å². The normalized spacial score (nSPS) is 14.1. The second-order valence-corrected chi connectivity index (χ2v) is 9.27. The standard InChI is InChI=1S/C26H25ClN2O7S/c1-4-6-16-10-15(11-20(35-3)23(16)31)12-21-24(32)29(26(34)37-21)14-22(30)28-17-7-8-19(27)18(13-17)25(33)36-9-5-2/h4,7-8,10-13,31H,1,5-6,9,14H2,2-3H3,(H,28,30)/b21-12-. The molecule has 2 aromatic carbocycles. The molecule has 9 nitrogen and oxygen atoms in total. The van der Waals surface area contributed by atoms with Crippen LogP contribution >= 0.6 is 23.4 Å². The number of ether oxygens (including phenoxy) is 2. The summed E-state index contributed by atoms with van der Waals surface area (Å²) in [6.07, 6.45) is 4.12. The quantitative estimate of drug-likeness (QED) is 0.243. The summed E-state index contributed by atoms with van der Waals surface area (Å²) in [4.78, 5) is 51.1. The molecule has 0 saturated carbocycles. The molecule has 0 spiro atoms. The van der Waals surface area contributed by atoms with Gasteiger partial charge in [0.05, 0.1) is 29.2 Å². The van der Waals surface area contributed by atoms with E-state index in [-0.39, 0.29) is 39.3 Å². The highest BCUT2D eigenvalue weighted by atomic mass is 35.5. The predicted octanol–water partition coefficient (Wildman–Crippen LogP) is 5.02. The zero-order chi connectivity index (χ0) is 27.1. The van der Waals surface area contributed by atoms with E-state index in [9.17, 15) is 24.3 Å². The lowest BCUT2D eigenvalue weighted by molar-refractivity contribution is -0.127. The number of phenolic OH excluding ortho intramolecular Hbond substituents is 1. The number of amides is 3. The third-order valence-electron chi connectivity index (χ3n) is 5.14. The predicted molar refractivity (Wildman–Crippen MR) is 142 cm³/mol. The first kappa shape index (κ1) is 27.8. The second kappa shape index (κ2) is 12.5. The number of hydrogen-bond acceptors (Lipinski definition) is 8. The molecule has 0 aromatic heterocycles. The number of rotatable bonds is 10. The largest absolute Gasteiger partial charge is 0.504 e. The molecule has 0 unspecified atom stereocenters. The Morgan fingerprint density at radius 1 is 1.24 bits per heavy atom. The van der Waals surface area contributed by atoms with Crippen molar-refractivity contribution in [2.75, 3.05) is 25.6 Å². The molecule has 0 atom stereocenters. The summed E-state index contributed by atoms with van der Waals surface area (Å²) in [6.45, 7) is 5.21. The van der Waals surface area contributed by atoms with Crippen LogP contribution in [-0.2, 0) is 20.7 Å². The Kier molecular flexibility index (Phi) is 9.37. The van der Waals surface area contributed by atoms with Gasteiger partial charge >= 0.3 is 5.97 Å². The maximum absolute atomic E-state index is 12.9. The lowest BCUT2D eigenvalue weighted by atomic mass is 10.1. The van der Waals surface area contributed by atoms with Crippen molar-refractivity contribution >= 4 is 58.1 Å². The Labute approximate surface area is 223 Å². The molecule has 2 N–H and O–H groups in total. The van der Waals surface area contributed by atoms with Gasteiger partial charge in [-0.25, -0.2) is 4.79 Å². The lowest BCUT2D eigenvalue weighted by Crippen LogP contribution is -2.36. The molecule has 2 aromatic rings. The van der Waals surface area contributed by atoms with E-state index in [4.69, 9.17) is 21.1 Å². The van der Waals surface area contributed by atoms with Gasteiger partial charge in [0, 0.05) is 11.3 Å². The number of carbonyl (C=O) groups excluding carboxylic acids is 4. The maximum atomic E-state index is 12.9. The fourth-order valence-corrected chi connectivity index (χ4v) is 4.44. The highest BCUT2D eigenvalue weighted by Crippen LogP contribution is 2.36. The van der Waals surface area contributed by atoms with E-state index in [1.54, 1.807) is 12.1 Å². The summed E-state index contributed by atoms with van der Waals surface area (Å²) in [7, 11) is 1.40. The monoisotopic (exact) mass is 544 g/mol. The third-order valence-corrected chi connectivity index (χ3v) is 6.38. The number of anilines is 1. The van der Waals surface area contributed by atoms with E-state index in [0.29, 0.717) is 35.7 Å². The molecule has 194 valence electrons. The zero-order valence-electron chi connectivity index (χ0n) is 20.2. The number of phenols is 1. The summed E-state index contributed by atoms with van der Waals surface area (Å²) >= 11 is 6.77. The fraction of sp³-hybridized carbons (Fsp3) is 0.231. The Bertz CT molecular complexity index is 1290. The Morgan fingerprint density at radius 3 is 2.68 bits per heavy atom. The van der Waals surface area contributed by atoms with E-state index in [0.717, 1.165) is 4.90 Å². The van der Waals surface area contributed by atoms with Crippen LogP contribution in [0, 0.1) is 0 Å². The molecule has 37 heavy (non-hydrogen) atoms. The van der Waals surface area contributed by atoms with Gasteiger partial charge in [0.15, 0.2) is 11.5 Å². The maximum Gasteiger partial charge on any atom is 0.339 e. The molecule has 0 aliphatic carbocycles. The average Bonchev–Trinajstić information content (AvgIpc) is 3.12. The molecule has 1 heterocycles. The number of nitrogens with zero attached hydrogens (tertiary/aromatic N) is 1. The highest BCUT2D eigenvalue weighted by Gasteiger charge is 2.36. The number of carbonyl (C=O) groups is 4. The van der Waals surface area contributed by atoms with Gasteiger partial charge in [-0.15, -0.1) is 6.58 Å². The summed E-state index contributed by atoms with van der Waals surface area (Å²) in [5, 5.41) is 12.4. The Hall–Kier alpha value is -3.76. The van der Waals surface area contributed by atoms with Crippen molar-refractivity contribution in [1.82, 2.24) is 4.90 Å². The number of methoxy groups -OCH3 is 1. The van der Waals surface area contributed by atoms with Gasteiger partial charge in [-0.1, -0.05) is 24.6 Å². The van der Waals surface area contributed by atoms with Gasteiger partial charge in [0.1, 0.15) is 6.54 Å². The average molecular weight is 545 g/mol. The molecule has 3 amide bonds. The summed E-state index contributed by atoms with van der Waals surface area (Å²) in [6, 6.07) is 7.49. The smallest absolute Gasteiger partial charge is 0.339 e. The lowest BCUT2D eigenvalue weighted by Gasteiger charge is -2.13. The van der Waals surface area contributed by atoms with E-state index in [2.05, 4.69) is 11.9 Å². The van der Waals surface area contributed by atoms with Crippen LogP contribution in [0.5, 0.6) is 11.5 Å². The molecular weight excluding hydrogens is 520 g/mol. The summed E-state index contributed by atoms with van der Waals surface area (Å²) < 4.78 is 10.3. The van der Waals surface area contributed by atoms with Crippen LogP contribution < -0.4 is 10.1 Å². The number of thioether (sulfide) groups is 1. The zero-order valence-corrected chi connectivity index (χ0v) is 21.8. The third kappa shape index (κ3) is 6.72. The minimum absolute atomic E-state index is 0.0340. The van der Waals surface area contributed by atoms with E-state index in [1.165, 1.54) is 37.5 Å². The van der Waals surface area contributed by atoms with E-state index < -0.39 is 29.6 Å². The van der Waals surface area contributed by atoms with E-state index in [1.807, 2.05) is 6.92 Å². The van der Waals surface area contributed by atoms with Crippen LogP contribution in [0.3, 0.4) is 0 Å². The fourth-order valence-electron chi connectivity index (χ4n) is 3.40. The first-order chi connectivity index (χ1) is 17.7. The van der Waals surface area contributed by atoms with Gasteiger partial charge in [0.25, 0.3) is 11.1 Å². The minimum Gasteiger partial charge on any atom is -0.504 e. The Morgan fingerprint density at radius 2 is 2.00 bits per heavy atom. The first-order valence-corrected chi connectivity index (χ1v) is 12.4. The number of allylic oxidation sites excluding steroid dienone is 1. The van der Waals surface area contributed by atoms with Crippen molar-refractivity contribution in [3.63, 3.8) is 0 Å². The van der Waals surface area contributed by atoms with Crippen LogP contribution in [0.2, 0.25) is 5.02 Å². The van der Waals surface area contributed by atoms with Crippen molar-refractivity contribution in [1.29, 1.82) is 0 Å². The molecule has 0 radical (unpaired) electrons. The molecule has 0 bridgehead atoms. The minimum atomic E-state index is -0.640. The topological polar surface area (TPSA) is 122 Å². The molecule has 1 saturated heterocycles. The first-order valence-electron chi connectivity index (χ1n) is 11.2. The van der Waals surface area contributed by atoms with Gasteiger partial charge < -0.3 is 19.9 Å². The number of aromatic hydroxyl groups is 1. The SMILES string of the molecule is C=CCc1cc(/C=C2\SC(=O)N(CC(=O)Nc3ccc(Cl)c(C(=O)OCCC)c3)C2=O)cc(OC)c1O. The van der Waals surface area contributed by atoms with Crippen molar-refractivity contribution in [2.24, 2.45) is 0 Å². The van der Waals surface area contributed by atoms with Crippen LogP contribution in [0.4, 0.5) is 10.5 Å². The number of imide groups is 1. The van der Waals surface area contributed by atoms with Gasteiger partial charge in [-0.05, 0) is 66.6 Å². The number of nitrogens with one attached hydrogen (secondary N) is 1. The van der Waals surface area contributed by atoms with Crippen LogP contribution in [0.1, 0.15) is 34.8 Å². The molecule has 1 fully saturated rings. The molecule has 3 rings (SSSR count). The summed E-state index contributed by atoms with van der Waals surface area (Å²) in [5.74, 6) is -1.72.